The van der Waals surface area contributed by atoms with E-state index in [1.807, 2.05) is 12.1 Å². The van der Waals surface area contributed by atoms with Gasteiger partial charge in [-0.1, -0.05) is 18.2 Å². The van der Waals surface area contributed by atoms with E-state index < -0.39 is 5.82 Å². The molecule has 0 aliphatic carbocycles. The largest absolute Gasteiger partial charge is 0.491 e. The monoisotopic (exact) mass is 286 g/mol. The van der Waals surface area contributed by atoms with Gasteiger partial charge < -0.3 is 15.4 Å². The van der Waals surface area contributed by atoms with E-state index in [-0.39, 0.29) is 18.9 Å². The van der Waals surface area contributed by atoms with Crippen LogP contribution in [0.4, 0.5) is 15.8 Å². The van der Waals surface area contributed by atoms with Crippen LogP contribution in [0.1, 0.15) is 12.0 Å². The number of ether oxygens (including phenoxy) is 1. The highest BCUT2D eigenvalue weighted by Crippen LogP contribution is 2.32. The van der Waals surface area contributed by atoms with Gasteiger partial charge in [-0.05, 0) is 24.3 Å². The van der Waals surface area contributed by atoms with E-state index in [4.69, 9.17) is 10.5 Å². The Morgan fingerprint density at radius 1 is 1.24 bits per heavy atom. The normalized spacial score (nSPS) is 14.3. The molecular weight excluding hydrogens is 271 g/mol. The first-order valence-electron chi connectivity index (χ1n) is 6.71. The van der Waals surface area contributed by atoms with Crippen molar-refractivity contribution in [1.29, 1.82) is 0 Å². The van der Waals surface area contributed by atoms with Gasteiger partial charge in [-0.15, -0.1) is 0 Å². The van der Waals surface area contributed by atoms with E-state index >= 15 is 0 Å². The Kier molecular flexibility index (Phi) is 3.48. The molecule has 2 aromatic carbocycles. The number of nitrogen functional groups attached to an aromatic ring is 1. The summed E-state index contributed by atoms with van der Waals surface area (Å²) in [7, 11) is 0. The molecule has 0 spiro atoms. The number of fused-ring (bicyclic) bond motifs is 1. The first kappa shape index (κ1) is 13.4. The van der Waals surface area contributed by atoms with Crippen molar-refractivity contribution >= 4 is 17.3 Å². The average Bonchev–Trinajstić information content (AvgIpc) is 2.62. The fraction of sp³-hybridized carbons (Fsp3) is 0.188. The highest BCUT2D eigenvalue weighted by molar-refractivity contribution is 5.95. The summed E-state index contributed by atoms with van der Waals surface area (Å²) in [5.74, 6) is 0.140. The smallest absolute Gasteiger partial charge is 0.230 e. The minimum Gasteiger partial charge on any atom is -0.491 e. The molecule has 2 N–H and O–H groups in total. The van der Waals surface area contributed by atoms with E-state index in [0.717, 1.165) is 0 Å². The predicted octanol–water partition coefficient (Wildman–Crippen LogP) is 2.72. The maximum Gasteiger partial charge on any atom is 0.230 e. The van der Waals surface area contributed by atoms with Gasteiger partial charge in [0.05, 0.1) is 25.3 Å². The van der Waals surface area contributed by atoms with Crippen LogP contribution in [-0.2, 0) is 11.3 Å². The topological polar surface area (TPSA) is 55.6 Å². The Morgan fingerprint density at radius 3 is 2.86 bits per heavy atom. The Balaban J connectivity index is 1.98. The van der Waals surface area contributed by atoms with Crippen LogP contribution in [0.5, 0.6) is 5.75 Å². The minimum atomic E-state index is -0.412. The first-order valence-corrected chi connectivity index (χ1v) is 6.71. The third kappa shape index (κ3) is 2.67. The Morgan fingerprint density at radius 2 is 2.05 bits per heavy atom. The highest BCUT2D eigenvalue weighted by Gasteiger charge is 2.23. The fourth-order valence-electron chi connectivity index (χ4n) is 2.36. The summed E-state index contributed by atoms with van der Waals surface area (Å²) in [5.41, 5.74) is 7.00. The van der Waals surface area contributed by atoms with Gasteiger partial charge in [-0.25, -0.2) is 4.39 Å². The lowest BCUT2D eigenvalue weighted by atomic mass is 10.1. The number of carbonyl (C=O) groups excluding carboxylic acids is 1. The van der Waals surface area contributed by atoms with E-state index in [2.05, 4.69) is 0 Å². The summed E-state index contributed by atoms with van der Waals surface area (Å²) in [4.78, 5) is 13.8. The maximum atomic E-state index is 14.0. The van der Waals surface area contributed by atoms with Gasteiger partial charge in [0.15, 0.2) is 0 Å². The summed E-state index contributed by atoms with van der Waals surface area (Å²) < 4.78 is 19.5. The zero-order chi connectivity index (χ0) is 14.8. The van der Waals surface area contributed by atoms with Crippen LogP contribution in [0.3, 0.4) is 0 Å². The van der Waals surface area contributed by atoms with Crippen LogP contribution < -0.4 is 15.4 Å². The van der Waals surface area contributed by atoms with E-state index in [0.29, 0.717) is 29.3 Å². The number of halogens is 1. The number of nitrogens with zero attached hydrogens (tertiary/aromatic N) is 1. The van der Waals surface area contributed by atoms with Gasteiger partial charge in [0.25, 0.3) is 0 Å². The van der Waals surface area contributed by atoms with E-state index in [1.165, 1.54) is 6.07 Å². The number of hydrogen-bond acceptors (Lipinski definition) is 3. The first-order chi connectivity index (χ1) is 10.1. The second-order valence-electron chi connectivity index (χ2n) is 4.90. The maximum absolute atomic E-state index is 14.0. The average molecular weight is 286 g/mol. The third-order valence-electron chi connectivity index (χ3n) is 3.44. The molecule has 0 saturated heterocycles. The van der Waals surface area contributed by atoms with Gasteiger partial charge in [-0.2, -0.15) is 0 Å². The summed E-state index contributed by atoms with van der Waals surface area (Å²) in [6, 6.07) is 11.8. The van der Waals surface area contributed by atoms with Crippen LogP contribution in [0, 0.1) is 5.82 Å². The van der Waals surface area contributed by atoms with E-state index in [1.54, 1.807) is 29.2 Å². The van der Waals surface area contributed by atoms with E-state index in [9.17, 15) is 9.18 Å². The third-order valence-corrected chi connectivity index (χ3v) is 3.44. The summed E-state index contributed by atoms with van der Waals surface area (Å²) in [6.07, 6.45) is 0.269. The summed E-state index contributed by atoms with van der Waals surface area (Å²) in [5, 5.41) is 0. The van der Waals surface area contributed by atoms with Crippen molar-refractivity contribution in [3.05, 3.63) is 53.8 Å². The summed E-state index contributed by atoms with van der Waals surface area (Å²) in [6.45, 7) is 0.488. The number of hydrogen-bond donors (Lipinski definition) is 1. The van der Waals surface area contributed by atoms with Gasteiger partial charge in [0.2, 0.25) is 5.91 Å². The molecule has 0 radical (unpaired) electrons. The molecule has 21 heavy (non-hydrogen) atoms. The molecule has 0 saturated carbocycles. The van der Waals surface area contributed by atoms with Crippen molar-refractivity contribution in [2.75, 3.05) is 17.2 Å². The number of nitrogens with two attached hydrogens (primary N) is 1. The van der Waals surface area contributed by atoms with Crippen molar-refractivity contribution in [2.24, 2.45) is 0 Å². The minimum absolute atomic E-state index is 0.0869. The molecule has 108 valence electrons. The second kappa shape index (κ2) is 5.44. The fourth-order valence-corrected chi connectivity index (χ4v) is 2.36. The quantitative estimate of drug-likeness (QED) is 0.864. The molecule has 3 rings (SSSR count). The molecule has 4 nitrogen and oxygen atoms in total. The van der Waals surface area contributed by atoms with Crippen LogP contribution >= 0.6 is 0 Å². The van der Waals surface area contributed by atoms with Crippen LogP contribution in [0.25, 0.3) is 0 Å². The Bertz CT molecular complexity index is 688. The summed E-state index contributed by atoms with van der Waals surface area (Å²) >= 11 is 0. The van der Waals surface area contributed by atoms with Crippen molar-refractivity contribution in [3.8, 4) is 5.75 Å². The molecule has 0 fully saturated rings. The highest BCUT2D eigenvalue weighted by atomic mass is 19.1. The van der Waals surface area contributed by atoms with Crippen molar-refractivity contribution in [2.45, 2.75) is 13.0 Å². The van der Waals surface area contributed by atoms with Crippen LogP contribution in [0.15, 0.2) is 42.5 Å². The lowest BCUT2D eigenvalue weighted by Crippen LogP contribution is -2.30. The number of rotatable bonds is 2. The zero-order valence-electron chi connectivity index (χ0n) is 11.4. The Hall–Kier alpha value is -2.56. The number of amides is 1. The second-order valence-corrected chi connectivity index (χ2v) is 4.90. The molecule has 1 aliphatic rings. The van der Waals surface area contributed by atoms with Gasteiger partial charge >= 0.3 is 0 Å². The molecule has 1 amide bonds. The molecule has 2 aromatic rings. The molecule has 0 atom stereocenters. The number of para-hydroxylation sites is 2. The van der Waals surface area contributed by atoms with Crippen molar-refractivity contribution in [3.63, 3.8) is 0 Å². The lowest BCUT2D eigenvalue weighted by molar-refractivity contribution is -0.118. The molecule has 5 heteroatoms. The SMILES string of the molecule is Nc1ccc(CN2C(=O)CCOc3ccccc32)c(F)c1. The lowest BCUT2D eigenvalue weighted by Gasteiger charge is -2.22. The zero-order valence-corrected chi connectivity index (χ0v) is 11.4. The molecule has 0 bridgehead atoms. The van der Waals surface area contributed by atoms with Gasteiger partial charge in [-0.3, -0.25) is 4.79 Å². The Labute approximate surface area is 121 Å². The molecule has 1 heterocycles. The number of benzene rings is 2. The number of carbonyl (C=O) groups is 1. The van der Waals surface area contributed by atoms with Crippen LogP contribution in [-0.4, -0.2) is 12.5 Å². The van der Waals surface area contributed by atoms with Gasteiger partial charge in [0, 0.05) is 11.3 Å². The molecule has 0 aromatic heterocycles. The predicted molar refractivity (Wildman–Crippen MR) is 78.6 cm³/mol. The molecule has 0 unspecified atom stereocenters. The molecular formula is C16H15FN2O2. The number of anilines is 2. The molecule has 1 aliphatic heterocycles. The standard InChI is InChI=1S/C16H15FN2O2/c17-13-9-12(18)6-5-11(13)10-19-14-3-1-2-4-15(14)21-8-7-16(19)20/h1-6,9H,7-8,10,18H2. The van der Waals surface area contributed by atoms with Crippen molar-refractivity contribution < 1.29 is 13.9 Å². The van der Waals surface area contributed by atoms with Crippen LogP contribution in [0.2, 0.25) is 0 Å². The van der Waals surface area contributed by atoms with Crippen molar-refractivity contribution in [1.82, 2.24) is 0 Å². The van der Waals surface area contributed by atoms with Gasteiger partial charge in [0.1, 0.15) is 11.6 Å².